The van der Waals surface area contributed by atoms with Crippen molar-refractivity contribution in [3.05, 3.63) is 66.0 Å². The van der Waals surface area contributed by atoms with Crippen LogP contribution in [0.4, 0.5) is 11.7 Å². The number of rotatable bonds is 4. The summed E-state index contributed by atoms with van der Waals surface area (Å²) in [5, 5.41) is 7.76. The van der Waals surface area contributed by atoms with Crippen molar-refractivity contribution in [3.63, 3.8) is 0 Å². The molecule has 3 heterocycles. The second kappa shape index (κ2) is 7.91. The van der Waals surface area contributed by atoms with E-state index in [1.54, 1.807) is 0 Å². The Morgan fingerprint density at radius 2 is 1.74 bits per heavy atom. The van der Waals surface area contributed by atoms with Gasteiger partial charge in [-0.05, 0) is 51.0 Å². The third-order valence-corrected chi connectivity index (χ3v) is 5.96. The van der Waals surface area contributed by atoms with Crippen molar-refractivity contribution >= 4 is 28.7 Å². The van der Waals surface area contributed by atoms with Crippen molar-refractivity contribution in [1.29, 1.82) is 0 Å². The van der Waals surface area contributed by atoms with Gasteiger partial charge in [-0.3, -0.25) is 4.79 Å². The predicted octanol–water partition coefficient (Wildman–Crippen LogP) is 4.49. The highest BCUT2D eigenvalue weighted by Crippen LogP contribution is 2.28. The smallest absolute Gasteiger partial charge is 0.298 e. The van der Waals surface area contributed by atoms with E-state index in [1.807, 2.05) is 73.1 Å². The van der Waals surface area contributed by atoms with Crippen LogP contribution in [0.2, 0.25) is 0 Å². The molecule has 0 bridgehead atoms. The summed E-state index contributed by atoms with van der Waals surface area (Å²) in [6.45, 7) is 5.40. The molecule has 0 radical (unpaired) electrons. The molecule has 1 saturated heterocycles. The average molecular weight is 415 g/mol. The molecule has 0 spiro atoms. The zero-order valence-corrected chi connectivity index (χ0v) is 17.7. The Labute approximate surface area is 180 Å². The molecular weight excluding hydrogens is 390 g/mol. The summed E-state index contributed by atoms with van der Waals surface area (Å²) < 4.78 is 7.75. The molecule has 0 unspecified atom stereocenters. The standard InChI is InChI=1S/C24H25N5O2/c1-16-22(17(2)29(27-16)19-8-4-3-5-9-19)26-23(30)18-12-14-28(15-13-18)24-25-20-10-6-7-11-21(20)31-24/h3-11,18H,12-15H2,1-2H3,(H,26,30). The number of benzene rings is 2. The molecule has 7 nitrogen and oxygen atoms in total. The molecule has 1 aliphatic rings. The number of amides is 1. The SMILES string of the molecule is Cc1nn(-c2ccccc2)c(C)c1NC(=O)C1CCN(c2nc3ccccc3o2)CC1. The van der Waals surface area contributed by atoms with Crippen molar-refractivity contribution in [2.45, 2.75) is 26.7 Å². The van der Waals surface area contributed by atoms with E-state index in [-0.39, 0.29) is 11.8 Å². The summed E-state index contributed by atoms with van der Waals surface area (Å²) in [7, 11) is 0. The Morgan fingerprint density at radius 3 is 2.48 bits per heavy atom. The first-order chi connectivity index (χ1) is 15.1. The lowest BCUT2D eigenvalue weighted by molar-refractivity contribution is -0.120. The van der Waals surface area contributed by atoms with E-state index in [1.165, 1.54) is 0 Å². The maximum absolute atomic E-state index is 13.0. The average Bonchev–Trinajstić information content (AvgIpc) is 3.36. The highest BCUT2D eigenvalue weighted by molar-refractivity contribution is 5.94. The molecule has 31 heavy (non-hydrogen) atoms. The Bertz CT molecular complexity index is 1190. The largest absolute Gasteiger partial charge is 0.423 e. The zero-order valence-electron chi connectivity index (χ0n) is 17.7. The van der Waals surface area contributed by atoms with E-state index in [0.29, 0.717) is 6.01 Å². The van der Waals surface area contributed by atoms with Gasteiger partial charge in [0, 0.05) is 19.0 Å². The number of carbonyl (C=O) groups excluding carboxylic acids is 1. The predicted molar refractivity (Wildman–Crippen MR) is 121 cm³/mol. The van der Waals surface area contributed by atoms with Crippen LogP contribution in [-0.4, -0.2) is 33.8 Å². The number of aryl methyl sites for hydroxylation is 1. The Kier molecular flexibility index (Phi) is 4.94. The normalized spacial score (nSPS) is 14.8. The molecule has 1 amide bonds. The molecule has 4 aromatic rings. The lowest BCUT2D eigenvalue weighted by Crippen LogP contribution is -2.38. The molecule has 5 rings (SSSR count). The molecule has 0 saturated carbocycles. The first-order valence-corrected chi connectivity index (χ1v) is 10.6. The molecule has 0 aliphatic carbocycles. The number of fused-ring (bicyclic) bond motifs is 1. The number of hydrogen-bond donors (Lipinski definition) is 1. The zero-order chi connectivity index (χ0) is 21.4. The summed E-state index contributed by atoms with van der Waals surface area (Å²) in [6, 6.07) is 18.4. The number of piperidine rings is 1. The van der Waals surface area contributed by atoms with Crippen LogP contribution in [0.15, 0.2) is 59.0 Å². The van der Waals surface area contributed by atoms with Gasteiger partial charge in [-0.25, -0.2) is 4.68 Å². The monoisotopic (exact) mass is 415 g/mol. The van der Waals surface area contributed by atoms with E-state index in [0.717, 1.165) is 59.8 Å². The summed E-state index contributed by atoms with van der Waals surface area (Å²) in [4.78, 5) is 19.7. The van der Waals surface area contributed by atoms with Crippen molar-refractivity contribution < 1.29 is 9.21 Å². The minimum atomic E-state index is -0.0421. The lowest BCUT2D eigenvalue weighted by atomic mass is 9.96. The molecule has 1 fully saturated rings. The number of nitrogens with zero attached hydrogens (tertiary/aromatic N) is 4. The van der Waals surface area contributed by atoms with Gasteiger partial charge >= 0.3 is 0 Å². The summed E-state index contributed by atoms with van der Waals surface area (Å²) in [5.41, 5.74) is 5.18. The fourth-order valence-electron chi connectivity index (χ4n) is 4.20. The van der Waals surface area contributed by atoms with Crippen LogP contribution in [-0.2, 0) is 4.79 Å². The van der Waals surface area contributed by atoms with Crippen LogP contribution >= 0.6 is 0 Å². The Hall–Kier alpha value is -3.61. The van der Waals surface area contributed by atoms with Gasteiger partial charge in [-0.15, -0.1) is 0 Å². The second-order valence-corrected chi connectivity index (χ2v) is 8.01. The summed E-state index contributed by atoms with van der Waals surface area (Å²) in [5.74, 6) is 0.00975. The van der Waals surface area contributed by atoms with E-state index >= 15 is 0 Å². The molecule has 0 atom stereocenters. The van der Waals surface area contributed by atoms with E-state index < -0.39 is 0 Å². The van der Waals surface area contributed by atoms with Gasteiger partial charge in [0.05, 0.1) is 22.8 Å². The van der Waals surface area contributed by atoms with E-state index in [4.69, 9.17) is 4.42 Å². The molecule has 2 aromatic carbocycles. The number of carbonyl (C=O) groups is 1. The topological polar surface area (TPSA) is 76.2 Å². The second-order valence-electron chi connectivity index (χ2n) is 8.01. The Balaban J connectivity index is 1.26. The van der Waals surface area contributed by atoms with Crippen molar-refractivity contribution in [2.75, 3.05) is 23.3 Å². The maximum Gasteiger partial charge on any atom is 0.298 e. The molecule has 1 N–H and O–H groups in total. The van der Waals surface area contributed by atoms with Crippen molar-refractivity contribution in [2.24, 2.45) is 5.92 Å². The Morgan fingerprint density at radius 1 is 1.03 bits per heavy atom. The quantitative estimate of drug-likeness (QED) is 0.532. The number of hydrogen-bond acceptors (Lipinski definition) is 5. The van der Waals surface area contributed by atoms with Crippen LogP contribution in [0.25, 0.3) is 16.8 Å². The number of anilines is 2. The highest BCUT2D eigenvalue weighted by Gasteiger charge is 2.28. The van der Waals surface area contributed by atoms with E-state index in [2.05, 4.69) is 20.3 Å². The number of aromatic nitrogens is 3. The van der Waals surface area contributed by atoms with Gasteiger partial charge < -0.3 is 14.6 Å². The van der Waals surface area contributed by atoms with Gasteiger partial charge in [0.15, 0.2) is 5.58 Å². The first kappa shape index (κ1) is 19.4. The summed E-state index contributed by atoms with van der Waals surface area (Å²) in [6.07, 6.45) is 1.52. The van der Waals surface area contributed by atoms with Crippen LogP contribution in [0, 0.1) is 19.8 Å². The molecule has 7 heteroatoms. The third kappa shape index (κ3) is 3.67. The van der Waals surface area contributed by atoms with Gasteiger partial charge in [0.1, 0.15) is 5.52 Å². The van der Waals surface area contributed by atoms with Crippen LogP contribution < -0.4 is 10.2 Å². The van der Waals surface area contributed by atoms with Gasteiger partial charge in [0.25, 0.3) is 6.01 Å². The lowest BCUT2D eigenvalue weighted by Gasteiger charge is -2.30. The first-order valence-electron chi connectivity index (χ1n) is 10.6. The van der Waals surface area contributed by atoms with Crippen LogP contribution in [0.3, 0.4) is 0 Å². The molecule has 2 aromatic heterocycles. The minimum absolute atomic E-state index is 0.0421. The maximum atomic E-state index is 13.0. The van der Waals surface area contributed by atoms with Gasteiger partial charge in [-0.2, -0.15) is 10.1 Å². The minimum Gasteiger partial charge on any atom is -0.423 e. The highest BCUT2D eigenvalue weighted by atomic mass is 16.4. The molecular formula is C24H25N5O2. The number of oxazole rings is 1. The van der Waals surface area contributed by atoms with Crippen LogP contribution in [0.1, 0.15) is 24.2 Å². The van der Waals surface area contributed by atoms with E-state index in [9.17, 15) is 4.79 Å². The third-order valence-electron chi connectivity index (χ3n) is 5.96. The number of para-hydroxylation sites is 3. The summed E-state index contributed by atoms with van der Waals surface area (Å²) >= 11 is 0. The molecule has 1 aliphatic heterocycles. The fourth-order valence-corrected chi connectivity index (χ4v) is 4.20. The van der Waals surface area contributed by atoms with Crippen LogP contribution in [0.5, 0.6) is 0 Å². The fraction of sp³-hybridized carbons (Fsp3) is 0.292. The number of nitrogens with one attached hydrogen (secondary N) is 1. The van der Waals surface area contributed by atoms with Gasteiger partial charge in [-0.1, -0.05) is 30.3 Å². The van der Waals surface area contributed by atoms with Gasteiger partial charge in [0.2, 0.25) is 5.91 Å². The molecule has 158 valence electrons. The van der Waals surface area contributed by atoms with Crippen molar-refractivity contribution in [3.8, 4) is 5.69 Å². The van der Waals surface area contributed by atoms with Crippen molar-refractivity contribution in [1.82, 2.24) is 14.8 Å².